The van der Waals surface area contributed by atoms with Gasteiger partial charge in [0.1, 0.15) is 0 Å². The van der Waals surface area contributed by atoms with Crippen LogP contribution in [0.25, 0.3) is 0 Å². The molecule has 0 aliphatic heterocycles. The molecule has 0 aliphatic carbocycles. The summed E-state index contributed by atoms with van der Waals surface area (Å²) in [6.45, 7) is 1.92. The topological polar surface area (TPSA) is 98.6 Å². The summed E-state index contributed by atoms with van der Waals surface area (Å²) in [5.74, 6) is 0.457. The van der Waals surface area contributed by atoms with Crippen LogP contribution in [-0.2, 0) is 6.42 Å². The Morgan fingerprint density at radius 2 is 2.13 bits per heavy atom. The lowest BCUT2D eigenvalue weighted by atomic mass is 10.3. The number of hydrogen-bond acceptors (Lipinski definition) is 5. The summed E-state index contributed by atoms with van der Waals surface area (Å²) in [5.41, 5.74) is 5.70. The number of aliphatic imine (C=N–C) groups is 1. The molecule has 0 saturated heterocycles. The number of aromatic nitrogens is 2. The molecule has 23 heavy (non-hydrogen) atoms. The Labute approximate surface area is 129 Å². The van der Waals surface area contributed by atoms with Crippen LogP contribution in [0.15, 0.2) is 33.8 Å². The highest BCUT2D eigenvalue weighted by Crippen LogP contribution is 2.29. The number of halogens is 3. The van der Waals surface area contributed by atoms with Gasteiger partial charge in [0.2, 0.25) is 5.89 Å². The Morgan fingerprint density at radius 3 is 2.78 bits per heavy atom. The summed E-state index contributed by atoms with van der Waals surface area (Å²) in [5, 5.41) is 6.18. The summed E-state index contributed by atoms with van der Waals surface area (Å²) >= 11 is 0. The molecule has 3 N–H and O–H groups in total. The van der Waals surface area contributed by atoms with Gasteiger partial charge in [-0.05, 0) is 19.1 Å². The number of benzene rings is 1. The molecular weight excluding hydrogens is 315 g/mol. The minimum atomic E-state index is -4.79. The fourth-order valence-electron chi connectivity index (χ4n) is 1.67. The van der Waals surface area contributed by atoms with Crippen molar-refractivity contribution in [2.75, 3.05) is 11.9 Å². The molecule has 0 radical (unpaired) electrons. The largest absolute Gasteiger partial charge is 0.573 e. The maximum Gasteiger partial charge on any atom is 0.573 e. The molecule has 2 aromatic rings. The van der Waals surface area contributed by atoms with Gasteiger partial charge in [0, 0.05) is 6.42 Å². The van der Waals surface area contributed by atoms with E-state index in [2.05, 4.69) is 25.2 Å². The van der Waals surface area contributed by atoms with Crippen LogP contribution in [0.5, 0.6) is 5.75 Å². The van der Waals surface area contributed by atoms with Gasteiger partial charge < -0.3 is 20.3 Å². The number of ether oxygens (including phenoxy) is 1. The standard InChI is InChI=1S/C13H14F3N5O2/c1-8-19-11(23-21-8)6-7-18-12(17)20-9-4-2-3-5-10(9)22-13(14,15)16/h2-5H,6-7H2,1H3,(H3,17,18,20). The Bertz CT molecular complexity index is 684. The second-order valence-electron chi connectivity index (χ2n) is 4.42. The zero-order chi connectivity index (χ0) is 16.9. The predicted molar refractivity (Wildman–Crippen MR) is 76.0 cm³/mol. The van der Waals surface area contributed by atoms with E-state index in [0.717, 1.165) is 0 Å². The first-order valence-corrected chi connectivity index (χ1v) is 6.54. The maximum atomic E-state index is 12.3. The molecule has 0 unspecified atom stereocenters. The monoisotopic (exact) mass is 329 g/mol. The molecule has 1 aromatic carbocycles. The molecule has 0 amide bonds. The first-order chi connectivity index (χ1) is 10.8. The molecule has 0 aliphatic rings. The molecule has 0 spiro atoms. The van der Waals surface area contributed by atoms with Gasteiger partial charge in [0.25, 0.3) is 0 Å². The summed E-state index contributed by atoms with van der Waals surface area (Å²) in [4.78, 5) is 7.97. The second kappa shape index (κ2) is 6.99. The maximum absolute atomic E-state index is 12.3. The highest BCUT2D eigenvalue weighted by molar-refractivity contribution is 5.93. The van der Waals surface area contributed by atoms with E-state index in [4.69, 9.17) is 10.3 Å². The van der Waals surface area contributed by atoms with E-state index in [1.54, 1.807) is 13.0 Å². The van der Waals surface area contributed by atoms with Crippen LogP contribution < -0.4 is 15.8 Å². The van der Waals surface area contributed by atoms with Gasteiger partial charge in [0.05, 0.1) is 12.2 Å². The number of rotatable bonds is 5. The highest BCUT2D eigenvalue weighted by atomic mass is 19.4. The van der Waals surface area contributed by atoms with Gasteiger partial charge >= 0.3 is 6.36 Å². The SMILES string of the molecule is Cc1noc(CCN=C(N)Nc2ccccc2OC(F)(F)F)n1. The fourth-order valence-corrected chi connectivity index (χ4v) is 1.67. The molecule has 0 saturated carbocycles. The average molecular weight is 329 g/mol. The Morgan fingerprint density at radius 1 is 1.39 bits per heavy atom. The minimum absolute atomic E-state index is 0.0553. The molecule has 7 nitrogen and oxygen atoms in total. The van der Waals surface area contributed by atoms with Crippen LogP contribution in [-0.4, -0.2) is 29.0 Å². The van der Waals surface area contributed by atoms with E-state index >= 15 is 0 Å². The summed E-state index contributed by atoms with van der Waals surface area (Å²) in [6, 6.07) is 5.52. The van der Waals surface area contributed by atoms with Gasteiger partial charge in [0.15, 0.2) is 17.5 Å². The van der Waals surface area contributed by atoms with Crippen molar-refractivity contribution in [3.8, 4) is 5.75 Å². The van der Waals surface area contributed by atoms with E-state index in [1.165, 1.54) is 18.2 Å². The average Bonchev–Trinajstić information content (AvgIpc) is 2.85. The van der Waals surface area contributed by atoms with E-state index < -0.39 is 12.1 Å². The third-order valence-corrected chi connectivity index (χ3v) is 2.55. The molecule has 1 aromatic heterocycles. The van der Waals surface area contributed by atoms with Crippen molar-refractivity contribution in [3.05, 3.63) is 36.0 Å². The molecule has 0 atom stereocenters. The molecule has 10 heteroatoms. The third kappa shape index (κ3) is 5.49. The molecule has 2 rings (SSSR count). The van der Waals surface area contributed by atoms with E-state index in [9.17, 15) is 13.2 Å². The van der Waals surface area contributed by atoms with Crippen molar-refractivity contribution < 1.29 is 22.4 Å². The summed E-state index contributed by atoms with van der Waals surface area (Å²) in [6.07, 6.45) is -4.43. The van der Waals surface area contributed by atoms with Crippen molar-refractivity contribution in [2.45, 2.75) is 19.7 Å². The van der Waals surface area contributed by atoms with Crippen LogP contribution in [0.1, 0.15) is 11.7 Å². The summed E-state index contributed by atoms with van der Waals surface area (Å²) in [7, 11) is 0. The molecule has 124 valence electrons. The molecule has 1 heterocycles. The number of nitrogens with one attached hydrogen (secondary N) is 1. The van der Waals surface area contributed by atoms with Gasteiger partial charge in [-0.25, -0.2) is 0 Å². The van der Waals surface area contributed by atoms with Crippen LogP contribution in [0.3, 0.4) is 0 Å². The van der Waals surface area contributed by atoms with E-state index in [1.807, 2.05) is 0 Å². The van der Waals surface area contributed by atoms with Gasteiger partial charge in [-0.2, -0.15) is 4.98 Å². The highest BCUT2D eigenvalue weighted by Gasteiger charge is 2.32. The smallest absolute Gasteiger partial charge is 0.404 e. The van der Waals surface area contributed by atoms with E-state index in [-0.39, 0.29) is 18.2 Å². The van der Waals surface area contributed by atoms with Crippen molar-refractivity contribution in [2.24, 2.45) is 10.7 Å². The lowest BCUT2D eigenvalue weighted by Gasteiger charge is -2.14. The molecule has 0 fully saturated rings. The van der Waals surface area contributed by atoms with Crippen LogP contribution >= 0.6 is 0 Å². The van der Waals surface area contributed by atoms with Crippen molar-refractivity contribution in [1.82, 2.24) is 10.1 Å². The first-order valence-electron chi connectivity index (χ1n) is 6.54. The zero-order valence-electron chi connectivity index (χ0n) is 12.1. The second-order valence-corrected chi connectivity index (χ2v) is 4.42. The minimum Gasteiger partial charge on any atom is -0.404 e. The van der Waals surface area contributed by atoms with Crippen molar-refractivity contribution in [1.29, 1.82) is 0 Å². The first kappa shape index (κ1) is 16.6. The normalized spacial score (nSPS) is 12.3. The molecule has 0 bridgehead atoms. The van der Waals surface area contributed by atoms with Gasteiger partial charge in [-0.3, -0.25) is 4.99 Å². The Kier molecular flexibility index (Phi) is 5.04. The van der Waals surface area contributed by atoms with E-state index in [0.29, 0.717) is 18.1 Å². The fraction of sp³-hybridized carbons (Fsp3) is 0.308. The number of nitrogens with two attached hydrogens (primary N) is 1. The van der Waals surface area contributed by atoms with Crippen LogP contribution in [0, 0.1) is 6.92 Å². The number of anilines is 1. The number of alkyl halides is 3. The lowest BCUT2D eigenvalue weighted by molar-refractivity contribution is -0.274. The Hall–Kier alpha value is -2.78. The number of hydrogen-bond donors (Lipinski definition) is 2. The summed E-state index contributed by atoms with van der Waals surface area (Å²) < 4.78 is 45.8. The van der Waals surface area contributed by atoms with Crippen molar-refractivity contribution >= 4 is 11.6 Å². The van der Waals surface area contributed by atoms with Crippen LogP contribution in [0.2, 0.25) is 0 Å². The zero-order valence-corrected chi connectivity index (χ0v) is 12.1. The third-order valence-electron chi connectivity index (χ3n) is 2.55. The Balaban J connectivity index is 1.96. The number of aryl methyl sites for hydroxylation is 1. The number of nitrogens with zero attached hydrogens (tertiary/aromatic N) is 3. The quantitative estimate of drug-likeness (QED) is 0.645. The van der Waals surface area contributed by atoms with Gasteiger partial charge in [-0.15, -0.1) is 13.2 Å². The van der Waals surface area contributed by atoms with Gasteiger partial charge in [-0.1, -0.05) is 17.3 Å². The predicted octanol–water partition coefficient (Wildman–Crippen LogP) is 2.25. The number of para-hydroxylation sites is 2. The van der Waals surface area contributed by atoms with Crippen LogP contribution in [0.4, 0.5) is 18.9 Å². The lowest BCUT2D eigenvalue weighted by Crippen LogP contribution is -2.24. The van der Waals surface area contributed by atoms with Crippen molar-refractivity contribution in [3.63, 3.8) is 0 Å². The molecular formula is C13H14F3N5O2. The number of guanidine groups is 1.